The maximum absolute atomic E-state index is 11.6. The monoisotopic (exact) mass is 328 g/mol. The van der Waals surface area contributed by atoms with E-state index in [-0.39, 0.29) is 12.6 Å². The van der Waals surface area contributed by atoms with Crippen LogP contribution in [-0.4, -0.2) is 8.61 Å². The Kier molecular flexibility index (Phi) is 5.14. The second-order valence-corrected chi connectivity index (χ2v) is 6.53. The van der Waals surface area contributed by atoms with Crippen LogP contribution >= 0.6 is 45.2 Å². The second kappa shape index (κ2) is 4.29. The Labute approximate surface area is 70.5 Å². The fourth-order valence-electron chi connectivity index (χ4n) is 0.0673. The molecule has 0 bridgehead atoms. The van der Waals surface area contributed by atoms with E-state index < -0.39 is 0 Å². The fraction of sp³-hybridized carbons (Fsp3) is 1.00. The third-order valence-corrected chi connectivity index (χ3v) is 3.13. The Morgan fingerprint density at radius 2 is 2.00 bits per heavy atom. The molecule has 0 saturated carbocycles. The molecular formula is C4H7FI2. The Morgan fingerprint density at radius 3 is 2.00 bits per heavy atom. The van der Waals surface area contributed by atoms with Crippen molar-refractivity contribution in [2.45, 2.75) is 8.86 Å². The lowest BCUT2D eigenvalue weighted by Crippen LogP contribution is -2.03. The summed E-state index contributed by atoms with van der Waals surface area (Å²) in [5.41, 5.74) is 0. The fourth-order valence-corrected chi connectivity index (χ4v) is 0.452. The van der Waals surface area contributed by atoms with E-state index in [1.54, 1.807) is 0 Å². The van der Waals surface area contributed by atoms with Gasteiger partial charge in [0.25, 0.3) is 0 Å². The molecule has 0 spiro atoms. The highest BCUT2D eigenvalue weighted by Gasteiger charge is 2.07. The molecule has 7 heavy (non-hydrogen) atoms. The topological polar surface area (TPSA) is 0 Å². The van der Waals surface area contributed by atoms with Gasteiger partial charge in [-0.25, -0.2) is 0 Å². The zero-order valence-corrected chi connectivity index (χ0v) is 8.31. The van der Waals surface area contributed by atoms with E-state index in [4.69, 9.17) is 0 Å². The maximum atomic E-state index is 11.6. The summed E-state index contributed by atoms with van der Waals surface area (Å²) >= 11 is 4.43. The Balaban J connectivity index is 3.14. The van der Waals surface area contributed by atoms with Gasteiger partial charge in [-0.15, -0.1) is 0 Å². The first-order valence-corrected chi connectivity index (χ1v) is 4.51. The van der Waals surface area contributed by atoms with Gasteiger partial charge in [0.2, 0.25) is 0 Å². The van der Waals surface area contributed by atoms with Crippen LogP contribution in [0.3, 0.4) is 0 Å². The SMILES string of the molecule is CC(CF)C(I)I. The molecule has 0 aromatic rings. The molecule has 3 heteroatoms. The van der Waals surface area contributed by atoms with Crippen molar-refractivity contribution in [3.8, 4) is 0 Å². The predicted molar refractivity (Wildman–Crippen MR) is 47.0 cm³/mol. The number of halogens is 3. The minimum atomic E-state index is -0.198. The molecule has 0 aliphatic carbocycles. The van der Waals surface area contributed by atoms with Gasteiger partial charge in [-0.05, 0) is 0 Å². The average Bonchev–Trinajstić information content (AvgIpc) is 1.65. The molecule has 0 rings (SSSR count). The van der Waals surface area contributed by atoms with Crippen molar-refractivity contribution >= 4 is 45.2 Å². The Morgan fingerprint density at radius 1 is 1.57 bits per heavy atom. The normalized spacial score (nSPS) is 15.0. The molecule has 0 aromatic carbocycles. The van der Waals surface area contributed by atoms with Gasteiger partial charge in [0.15, 0.2) is 0 Å². The summed E-state index contributed by atoms with van der Waals surface area (Å²) in [5.74, 6) is 0.209. The van der Waals surface area contributed by atoms with Gasteiger partial charge < -0.3 is 0 Å². The largest absolute Gasteiger partial charge is 0.251 e. The zero-order valence-electron chi connectivity index (χ0n) is 4.00. The van der Waals surface area contributed by atoms with Crippen molar-refractivity contribution < 1.29 is 4.39 Å². The summed E-state index contributed by atoms with van der Waals surface area (Å²) < 4.78 is 12.1. The van der Waals surface area contributed by atoms with Crippen molar-refractivity contribution in [3.05, 3.63) is 0 Å². The van der Waals surface area contributed by atoms with E-state index in [0.717, 1.165) is 0 Å². The highest BCUT2D eigenvalue weighted by molar-refractivity contribution is 14.2. The lowest BCUT2D eigenvalue weighted by Gasteiger charge is -2.04. The Hall–Kier alpha value is 1.39. The molecule has 0 nitrogen and oxygen atoms in total. The van der Waals surface area contributed by atoms with Crippen LogP contribution in [-0.2, 0) is 0 Å². The van der Waals surface area contributed by atoms with Gasteiger partial charge in [0.1, 0.15) is 0 Å². The number of rotatable bonds is 2. The Bertz CT molecular complexity index is 47.0. The predicted octanol–water partition coefficient (Wildman–Crippen LogP) is 2.79. The van der Waals surface area contributed by atoms with Crippen LogP contribution in [0.25, 0.3) is 0 Å². The van der Waals surface area contributed by atoms with Crippen LogP contribution in [0.2, 0.25) is 0 Å². The van der Waals surface area contributed by atoms with Crippen LogP contribution in [0, 0.1) is 5.92 Å². The highest BCUT2D eigenvalue weighted by atomic mass is 127. The minimum absolute atomic E-state index is 0.198. The lowest BCUT2D eigenvalue weighted by atomic mass is 10.3. The quantitative estimate of drug-likeness (QED) is 0.540. The van der Waals surface area contributed by atoms with Crippen molar-refractivity contribution in [1.82, 2.24) is 0 Å². The van der Waals surface area contributed by atoms with Crippen LogP contribution in [0.1, 0.15) is 6.92 Å². The van der Waals surface area contributed by atoms with Gasteiger partial charge in [0, 0.05) is 5.92 Å². The van der Waals surface area contributed by atoms with E-state index in [2.05, 4.69) is 45.2 Å². The van der Waals surface area contributed by atoms with Crippen LogP contribution in [0.4, 0.5) is 4.39 Å². The van der Waals surface area contributed by atoms with E-state index in [1.807, 2.05) is 6.92 Å². The van der Waals surface area contributed by atoms with Gasteiger partial charge in [-0.1, -0.05) is 52.1 Å². The van der Waals surface area contributed by atoms with Gasteiger partial charge in [-0.3, -0.25) is 4.39 Å². The number of alkyl halides is 3. The number of hydrogen-bond donors (Lipinski definition) is 0. The maximum Gasteiger partial charge on any atom is 0.0937 e. The summed E-state index contributed by atoms with van der Waals surface area (Å²) in [6.07, 6.45) is 0. The molecule has 0 aliphatic rings. The second-order valence-electron chi connectivity index (χ2n) is 1.47. The first-order valence-electron chi connectivity index (χ1n) is 2.02. The van der Waals surface area contributed by atoms with E-state index in [1.165, 1.54) is 0 Å². The first kappa shape index (κ1) is 8.39. The van der Waals surface area contributed by atoms with E-state index in [9.17, 15) is 4.39 Å². The summed E-state index contributed by atoms with van der Waals surface area (Å²) in [7, 11) is 0. The molecule has 0 heterocycles. The van der Waals surface area contributed by atoms with E-state index in [0.29, 0.717) is 1.93 Å². The highest BCUT2D eigenvalue weighted by Crippen LogP contribution is 2.19. The molecule has 1 atom stereocenters. The summed E-state index contributed by atoms with van der Waals surface area (Å²) in [4.78, 5) is 0. The standard InChI is InChI=1S/C4H7FI2/c1-3(2-5)4(6)7/h3-4H,2H2,1H3. The van der Waals surface area contributed by atoms with Gasteiger partial charge in [-0.2, -0.15) is 0 Å². The summed E-state index contributed by atoms with van der Waals surface area (Å²) in [6, 6.07) is 0. The molecule has 0 aliphatic heterocycles. The summed E-state index contributed by atoms with van der Waals surface area (Å²) in [6.45, 7) is 1.71. The van der Waals surface area contributed by atoms with Gasteiger partial charge >= 0.3 is 0 Å². The molecule has 0 aromatic heterocycles. The minimum Gasteiger partial charge on any atom is -0.251 e. The van der Waals surface area contributed by atoms with Crippen LogP contribution in [0.15, 0.2) is 0 Å². The van der Waals surface area contributed by atoms with Gasteiger partial charge in [0.05, 0.1) is 8.61 Å². The van der Waals surface area contributed by atoms with Crippen LogP contribution in [0.5, 0.6) is 0 Å². The number of hydrogen-bond acceptors (Lipinski definition) is 0. The van der Waals surface area contributed by atoms with Crippen molar-refractivity contribution in [1.29, 1.82) is 0 Å². The third kappa shape index (κ3) is 3.93. The molecule has 0 saturated heterocycles. The molecule has 0 N–H and O–H groups in total. The lowest BCUT2D eigenvalue weighted by molar-refractivity contribution is 0.408. The molecule has 1 unspecified atom stereocenters. The molecular weight excluding hydrogens is 321 g/mol. The van der Waals surface area contributed by atoms with Crippen LogP contribution < -0.4 is 0 Å². The average molecular weight is 328 g/mol. The molecule has 0 amide bonds. The van der Waals surface area contributed by atoms with Crippen molar-refractivity contribution in [2.75, 3.05) is 6.67 Å². The van der Waals surface area contributed by atoms with Crippen molar-refractivity contribution in [2.24, 2.45) is 5.92 Å². The molecule has 0 radical (unpaired) electrons. The smallest absolute Gasteiger partial charge is 0.0937 e. The summed E-state index contributed by atoms with van der Waals surface area (Å²) in [5, 5.41) is 0. The first-order chi connectivity index (χ1) is 3.18. The molecule has 0 fully saturated rings. The zero-order chi connectivity index (χ0) is 5.86. The molecule has 44 valence electrons. The third-order valence-electron chi connectivity index (χ3n) is 0.674. The van der Waals surface area contributed by atoms with Crippen molar-refractivity contribution in [3.63, 3.8) is 0 Å². The van der Waals surface area contributed by atoms with E-state index >= 15 is 0 Å².